The number of hydrogen-bond acceptors (Lipinski definition) is 0. The Morgan fingerprint density at radius 3 is 2.04 bits per heavy atom. The van der Waals surface area contributed by atoms with Crippen LogP contribution in [0.4, 0.5) is 0 Å². The van der Waals surface area contributed by atoms with Gasteiger partial charge in [0.1, 0.15) is 0 Å². The van der Waals surface area contributed by atoms with Crippen LogP contribution in [0.25, 0.3) is 32.7 Å². The Balaban J connectivity index is 1.84. The van der Waals surface area contributed by atoms with Crippen molar-refractivity contribution in [2.24, 2.45) is 0 Å². The predicted molar refractivity (Wildman–Crippen MR) is 104 cm³/mol. The molecule has 0 fully saturated rings. The van der Waals surface area contributed by atoms with E-state index in [4.69, 9.17) is 0 Å². The molecule has 0 heteroatoms. The molecule has 0 aromatic heterocycles. The molecule has 1 aliphatic carbocycles. The SMILES string of the molecule is Cc1c2ccccc2c(C)c2cc(-c3cccc4c3CC4)ccc12. The van der Waals surface area contributed by atoms with Crippen LogP contribution in [0.15, 0.2) is 60.7 Å². The van der Waals surface area contributed by atoms with Gasteiger partial charge in [-0.3, -0.25) is 0 Å². The molecule has 24 heavy (non-hydrogen) atoms. The van der Waals surface area contributed by atoms with Gasteiger partial charge in [-0.2, -0.15) is 0 Å². The molecule has 0 heterocycles. The molecule has 0 radical (unpaired) electrons. The van der Waals surface area contributed by atoms with Crippen LogP contribution in [-0.2, 0) is 12.8 Å². The first-order chi connectivity index (χ1) is 11.7. The second-order valence-electron chi connectivity index (χ2n) is 7.00. The van der Waals surface area contributed by atoms with E-state index in [0.717, 1.165) is 0 Å². The third-order valence-corrected chi connectivity index (χ3v) is 5.79. The number of aryl methyl sites for hydroxylation is 3. The molecule has 4 aromatic carbocycles. The van der Waals surface area contributed by atoms with E-state index in [1.54, 1.807) is 5.56 Å². The normalized spacial score (nSPS) is 13.1. The Labute approximate surface area is 142 Å². The van der Waals surface area contributed by atoms with E-state index in [1.165, 1.54) is 62.2 Å². The van der Waals surface area contributed by atoms with Crippen molar-refractivity contribution in [3.63, 3.8) is 0 Å². The summed E-state index contributed by atoms with van der Waals surface area (Å²) in [4.78, 5) is 0. The van der Waals surface area contributed by atoms with Crippen molar-refractivity contribution in [1.29, 1.82) is 0 Å². The van der Waals surface area contributed by atoms with Crippen LogP contribution in [0.3, 0.4) is 0 Å². The van der Waals surface area contributed by atoms with Crippen molar-refractivity contribution >= 4 is 21.5 Å². The zero-order valence-corrected chi connectivity index (χ0v) is 14.2. The molecule has 1 aliphatic rings. The topological polar surface area (TPSA) is 0 Å². The number of benzene rings is 4. The van der Waals surface area contributed by atoms with E-state index < -0.39 is 0 Å². The first kappa shape index (κ1) is 13.8. The van der Waals surface area contributed by atoms with E-state index in [0.29, 0.717) is 0 Å². The smallest absolute Gasteiger partial charge is 0.0139 e. The third kappa shape index (κ3) is 1.80. The summed E-state index contributed by atoms with van der Waals surface area (Å²) in [6.45, 7) is 4.51. The highest BCUT2D eigenvalue weighted by Gasteiger charge is 2.18. The molecule has 4 aromatic rings. The van der Waals surface area contributed by atoms with Gasteiger partial charge in [-0.15, -0.1) is 0 Å². The van der Waals surface area contributed by atoms with Gasteiger partial charge in [0.2, 0.25) is 0 Å². The van der Waals surface area contributed by atoms with E-state index in [2.05, 4.69) is 74.5 Å². The Kier molecular flexibility index (Phi) is 2.84. The second-order valence-corrected chi connectivity index (χ2v) is 7.00. The molecular weight excluding hydrogens is 288 g/mol. The van der Waals surface area contributed by atoms with Gasteiger partial charge in [-0.05, 0) is 87.7 Å². The summed E-state index contributed by atoms with van der Waals surface area (Å²) < 4.78 is 0. The van der Waals surface area contributed by atoms with Crippen LogP contribution >= 0.6 is 0 Å². The average Bonchev–Trinajstić information content (AvgIpc) is 2.60. The summed E-state index contributed by atoms with van der Waals surface area (Å²) in [6, 6.07) is 22.5. The quantitative estimate of drug-likeness (QED) is 0.358. The molecule has 5 rings (SSSR count). The van der Waals surface area contributed by atoms with Crippen LogP contribution in [0, 0.1) is 13.8 Å². The van der Waals surface area contributed by atoms with Crippen molar-refractivity contribution in [3.8, 4) is 11.1 Å². The van der Waals surface area contributed by atoms with Gasteiger partial charge in [0, 0.05) is 0 Å². The van der Waals surface area contributed by atoms with Gasteiger partial charge in [-0.25, -0.2) is 0 Å². The maximum Gasteiger partial charge on any atom is -0.0139 e. The molecule has 0 saturated carbocycles. The molecule has 0 nitrogen and oxygen atoms in total. The molecule has 0 spiro atoms. The number of fused-ring (bicyclic) bond motifs is 3. The van der Waals surface area contributed by atoms with E-state index >= 15 is 0 Å². The highest BCUT2D eigenvalue weighted by Crippen LogP contribution is 2.37. The van der Waals surface area contributed by atoms with Crippen molar-refractivity contribution in [3.05, 3.63) is 82.9 Å². The first-order valence-electron chi connectivity index (χ1n) is 8.77. The maximum atomic E-state index is 2.40. The summed E-state index contributed by atoms with van der Waals surface area (Å²) >= 11 is 0. The standard InChI is InChI=1S/C24H20/c1-15-19-7-3-4-8-20(19)16(2)24-14-18(11-12-21(15)24)22-9-5-6-17-10-13-23(17)22/h3-9,11-12,14H,10,13H2,1-2H3. The third-order valence-electron chi connectivity index (χ3n) is 5.79. The maximum absolute atomic E-state index is 2.40. The molecular formula is C24H20. The molecule has 0 N–H and O–H groups in total. The van der Waals surface area contributed by atoms with Crippen molar-refractivity contribution < 1.29 is 0 Å². The highest BCUT2D eigenvalue weighted by molar-refractivity contribution is 6.06. The van der Waals surface area contributed by atoms with Gasteiger partial charge in [-0.1, -0.05) is 54.6 Å². The molecule has 0 saturated heterocycles. The second kappa shape index (κ2) is 4.95. The fourth-order valence-corrected chi connectivity index (χ4v) is 4.29. The lowest BCUT2D eigenvalue weighted by atomic mass is 9.82. The highest BCUT2D eigenvalue weighted by atomic mass is 14.2. The van der Waals surface area contributed by atoms with Crippen LogP contribution in [0.5, 0.6) is 0 Å². The largest absolute Gasteiger partial charge is 0.0616 e. The fraction of sp³-hybridized carbons (Fsp3) is 0.167. The minimum absolute atomic E-state index is 1.22. The molecule has 0 atom stereocenters. The molecule has 116 valence electrons. The van der Waals surface area contributed by atoms with E-state index in [9.17, 15) is 0 Å². The van der Waals surface area contributed by atoms with Crippen molar-refractivity contribution in [2.75, 3.05) is 0 Å². The predicted octanol–water partition coefficient (Wildman–Crippen LogP) is 6.38. The molecule has 0 bridgehead atoms. The van der Waals surface area contributed by atoms with Crippen molar-refractivity contribution in [2.45, 2.75) is 26.7 Å². The van der Waals surface area contributed by atoms with Crippen LogP contribution < -0.4 is 0 Å². The number of hydrogen-bond donors (Lipinski definition) is 0. The lowest BCUT2D eigenvalue weighted by molar-refractivity contribution is 0.842. The Hall–Kier alpha value is -2.60. The number of rotatable bonds is 1. The van der Waals surface area contributed by atoms with Crippen LogP contribution in [-0.4, -0.2) is 0 Å². The minimum Gasteiger partial charge on any atom is -0.0616 e. The minimum atomic E-state index is 1.22. The Bertz CT molecular complexity index is 1120. The first-order valence-corrected chi connectivity index (χ1v) is 8.77. The monoisotopic (exact) mass is 308 g/mol. The van der Waals surface area contributed by atoms with Crippen molar-refractivity contribution in [1.82, 2.24) is 0 Å². The van der Waals surface area contributed by atoms with Gasteiger partial charge in [0.15, 0.2) is 0 Å². The summed E-state index contributed by atoms with van der Waals surface area (Å²) in [5, 5.41) is 5.52. The Morgan fingerprint density at radius 1 is 0.625 bits per heavy atom. The summed E-state index contributed by atoms with van der Waals surface area (Å²) in [5.41, 5.74) is 8.63. The van der Waals surface area contributed by atoms with Gasteiger partial charge >= 0.3 is 0 Å². The lowest BCUT2D eigenvalue weighted by Gasteiger charge is -2.23. The van der Waals surface area contributed by atoms with Crippen LogP contribution in [0.1, 0.15) is 22.3 Å². The summed E-state index contributed by atoms with van der Waals surface area (Å²) in [6.07, 6.45) is 2.46. The van der Waals surface area contributed by atoms with Crippen LogP contribution in [0.2, 0.25) is 0 Å². The molecule has 0 amide bonds. The lowest BCUT2D eigenvalue weighted by Crippen LogP contribution is -2.09. The molecule has 0 unspecified atom stereocenters. The fourth-order valence-electron chi connectivity index (χ4n) is 4.29. The van der Waals surface area contributed by atoms with E-state index in [1.807, 2.05) is 0 Å². The van der Waals surface area contributed by atoms with E-state index in [-0.39, 0.29) is 0 Å². The zero-order valence-electron chi connectivity index (χ0n) is 14.2. The average molecular weight is 308 g/mol. The van der Waals surface area contributed by atoms with Gasteiger partial charge in [0.05, 0.1) is 0 Å². The van der Waals surface area contributed by atoms with Gasteiger partial charge in [0.25, 0.3) is 0 Å². The summed E-state index contributed by atoms with van der Waals surface area (Å²) in [5.74, 6) is 0. The van der Waals surface area contributed by atoms with Gasteiger partial charge < -0.3 is 0 Å². The Morgan fingerprint density at radius 2 is 1.33 bits per heavy atom. The summed E-state index contributed by atoms with van der Waals surface area (Å²) in [7, 11) is 0. The molecule has 0 aliphatic heterocycles. The zero-order chi connectivity index (χ0) is 16.3.